The van der Waals surface area contributed by atoms with E-state index < -0.39 is 0 Å². The zero-order valence-electron chi connectivity index (χ0n) is 14.7. The molecule has 0 saturated heterocycles. The van der Waals surface area contributed by atoms with E-state index in [9.17, 15) is 4.79 Å². The summed E-state index contributed by atoms with van der Waals surface area (Å²) in [6, 6.07) is 12.8. The van der Waals surface area contributed by atoms with Gasteiger partial charge in [-0.3, -0.25) is 4.79 Å². The largest absolute Gasteiger partial charge is 0.497 e. The fourth-order valence-corrected chi connectivity index (χ4v) is 2.21. The number of anilines is 1. The van der Waals surface area contributed by atoms with E-state index in [4.69, 9.17) is 14.2 Å². The van der Waals surface area contributed by atoms with Gasteiger partial charge in [-0.2, -0.15) is 0 Å². The van der Waals surface area contributed by atoms with Crippen LogP contribution in [0.2, 0.25) is 0 Å². The molecule has 0 aromatic heterocycles. The Hall–Kier alpha value is -2.95. The number of rotatable bonds is 8. The minimum atomic E-state index is -0.267. The van der Waals surface area contributed by atoms with Crippen molar-refractivity contribution < 1.29 is 19.0 Å². The number of carbonyl (C=O) groups excluding carboxylic acids is 1. The monoisotopic (exact) mass is 341 g/mol. The lowest BCUT2D eigenvalue weighted by atomic mass is 10.2. The molecule has 132 valence electrons. The average Bonchev–Trinajstić information content (AvgIpc) is 2.65. The second kappa shape index (κ2) is 9.37. The molecule has 2 aromatic carbocycles. The molecule has 0 aliphatic carbocycles. The number of ether oxygens (including phenoxy) is 3. The van der Waals surface area contributed by atoms with Crippen molar-refractivity contribution in [3.05, 3.63) is 54.1 Å². The normalized spacial score (nSPS) is 10.5. The predicted molar refractivity (Wildman–Crippen MR) is 99.4 cm³/mol. The summed E-state index contributed by atoms with van der Waals surface area (Å²) < 4.78 is 16.1. The third kappa shape index (κ3) is 5.28. The van der Waals surface area contributed by atoms with E-state index in [1.54, 1.807) is 38.5 Å². The Morgan fingerprint density at radius 1 is 1.08 bits per heavy atom. The van der Waals surface area contributed by atoms with Crippen molar-refractivity contribution in [2.45, 2.75) is 13.3 Å². The summed E-state index contributed by atoms with van der Waals surface area (Å²) in [6.45, 7) is 2.69. The maximum atomic E-state index is 12.2. The average molecular weight is 341 g/mol. The Balaban J connectivity index is 2.11. The van der Waals surface area contributed by atoms with Crippen LogP contribution in [0, 0.1) is 0 Å². The van der Waals surface area contributed by atoms with Crippen LogP contribution in [0.5, 0.6) is 17.2 Å². The van der Waals surface area contributed by atoms with Crippen LogP contribution in [0.15, 0.2) is 48.5 Å². The number of amides is 1. The summed E-state index contributed by atoms with van der Waals surface area (Å²) >= 11 is 0. The number of hydrogen-bond acceptors (Lipinski definition) is 4. The molecule has 1 N–H and O–H groups in total. The van der Waals surface area contributed by atoms with Crippen molar-refractivity contribution >= 4 is 17.7 Å². The molecule has 0 heterocycles. The van der Waals surface area contributed by atoms with Crippen molar-refractivity contribution in [3.63, 3.8) is 0 Å². The lowest BCUT2D eigenvalue weighted by molar-refractivity contribution is -0.111. The molecule has 0 aliphatic heterocycles. The first kappa shape index (κ1) is 18.4. The quantitative estimate of drug-likeness (QED) is 0.733. The first-order chi connectivity index (χ1) is 12.2. The number of methoxy groups -OCH3 is 2. The van der Waals surface area contributed by atoms with Gasteiger partial charge in [0, 0.05) is 17.7 Å². The molecule has 0 fully saturated rings. The minimum absolute atomic E-state index is 0.267. The molecule has 5 heteroatoms. The van der Waals surface area contributed by atoms with Crippen LogP contribution in [0.4, 0.5) is 5.69 Å². The van der Waals surface area contributed by atoms with E-state index in [1.165, 1.54) is 6.08 Å². The van der Waals surface area contributed by atoms with E-state index in [-0.39, 0.29) is 5.91 Å². The van der Waals surface area contributed by atoms with E-state index in [0.717, 1.165) is 17.7 Å². The molecule has 2 rings (SSSR count). The van der Waals surface area contributed by atoms with Crippen LogP contribution < -0.4 is 19.5 Å². The fourth-order valence-electron chi connectivity index (χ4n) is 2.21. The molecular weight excluding hydrogens is 318 g/mol. The Morgan fingerprint density at radius 3 is 2.60 bits per heavy atom. The maximum absolute atomic E-state index is 12.2. The maximum Gasteiger partial charge on any atom is 0.248 e. The van der Waals surface area contributed by atoms with Crippen LogP contribution in [-0.4, -0.2) is 26.7 Å². The summed E-state index contributed by atoms with van der Waals surface area (Å²) in [5, 5.41) is 2.80. The van der Waals surface area contributed by atoms with Gasteiger partial charge in [-0.1, -0.05) is 25.1 Å². The Labute approximate surface area is 148 Å². The van der Waals surface area contributed by atoms with Crippen molar-refractivity contribution in [1.29, 1.82) is 0 Å². The van der Waals surface area contributed by atoms with Crippen molar-refractivity contribution in [3.8, 4) is 17.2 Å². The zero-order valence-corrected chi connectivity index (χ0v) is 14.7. The van der Waals surface area contributed by atoms with Crippen LogP contribution in [-0.2, 0) is 4.79 Å². The van der Waals surface area contributed by atoms with Gasteiger partial charge in [-0.15, -0.1) is 0 Å². The van der Waals surface area contributed by atoms with Crippen LogP contribution in [0.1, 0.15) is 18.9 Å². The number of hydrogen-bond donors (Lipinski definition) is 1. The molecule has 0 saturated carbocycles. The highest BCUT2D eigenvalue weighted by Crippen LogP contribution is 2.29. The Kier molecular flexibility index (Phi) is 6.89. The molecule has 0 spiro atoms. The summed E-state index contributed by atoms with van der Waals surface area (Å²) in [5.41, 5.74) is 1.40. The fraction of sp³-hybridized carbons (Fsp3) is 0.250. The van der Waals surface area contributed by atoms with Crippen LogP contribution in [0.25, 0.3) is 6.08 Å². The molecule has 0 bridgehead atoms. The van der Waals surface area contributed by atoms with Gasteiger partial charge in [-0.05, 0) is 30.7 Å². The SMILES string of the molecule is CCCOc1ccccc1C=CC(=O)Nc1cc(OC)ccc1OC. The van der Waals surface area contributed by atoms with Gasteiger partial charge in [0.1, 0.15) is 17.2 Å². The zero-order chi connectivity index (χ0) is 18.1. The van der Waals surface area contributed by atoms with Gasteiger partial charge in [0.15, 0.2) is 0 Å². The third-order valence-corrected chi connectivity index (χ3v) is 3.46. The van der Waals surface area contributed by atoms with Gasteiger partial charge in [0.2, 0.25) is 5.91 Å². The Morgan fingerprint density at radius 2 is 1.88 bits per heavy atom. The third-order valence-electron chi connectivity index (χ3n) is 3.46. The van der Waals surface area contributed by atoms with Gasteiger partial charge in [-0.25, -0.2) is 0 Å². The van der Waals surface area contributed by atoms with Gasteiger partial charge in [0.05, 0.1) is 26.5 Å². The summed E-state index contributed by atoms with van der Waals surface area (Å²) in [5.74, 6) is 1.69. The number of carbonyl (C=O) groups is 1. The van der Waals surface area contributed by atoms with Crippen molar-refractivity contribution in [2.75, 3.05) is 26.1 Å². The second-order valence-electron chi connectivity index (χ2n) is 5.28. The molecule has 2 aromatic rings. The summed E-state index contributed by atoms with van der Waals surface area (Å²) in [4.78, 5) is 12.2. The number of nitrogens with one attached hydrogen (secondary N) is 1. The van der Waals surface area contributed by atoms with E-state index >= 15 is 0 Å². The van der Waals surface area contributed by atoms with Crippen LogP contribution in [0.3, 0.4) is 0 Å². The van der Waals surface area contributed by atoms with Gasteiger partial charge >= 0.3 is 0 Å². The highest BCUT2D eigenvalue weighted by atomic mass is 16.5. The molecule has 0 radical (unpaired) electrons. The van der Waals surface area contributed by atoms with E-state index in [1.807, 2.05) is 31.2 Å². The molecule has 1 amide bonds. The molecule has 25 heavy (non-hydrogen) atoms. The van der Waals surface area contributed by atoms with Gasteiger partial charge in [0.25, 0.3) is 0 Å². The topological polar surface area (TPSA) is 56.8 Å². The standard InChI is InChI=1S/C20H23NO4/c1-4-13-25-18-8-6-5-7-15(18)9-12-20(22)21-17-14-16(23-2)10-11-19(17)24-3/h5-12,14H,4,13H2,1-3H3,(H,21,22). The lowest BCUT2D eigenvalue weighted by Crippen LogP contribution is -2.09. The van der Waals surface area contributed by atoms with E-state index in [0.29, 0.717) is 23.8 Å². The smallest absolute Gasteiger partial charge is 0.248 e. The molecule has 0 unspecified atom stereocenters. The van der Waals surface area contributed by atoms with Gasteiger partial charge < -0.3 is 19.5 Å². The van der Waals surface area contributed by atoms with Crippen molar-refractivity contribution in [1.82, 2.24) is 0 Å². The second-order valence-corrected chi connectivity index (χ2v) is 5.28. The highest BCUT2D eigenvalue weighted by molar-refractivity contribution is 6.03. The Bertz CT molecular complexity index is 740. The molecule has 0 aliphatic rings. The molecule has 5 nitrogen and oxygen atoms in total. The minimum Gasteiger partial charge on any atom is -0.497 e. The predicted octanol–water partition coefficient (Wildman–Crippen LogP) is 4.14. The summed E-state index contributed by atoms with van der Waals surface area (Å²) in [7, 11) is 3.12. The van der Waals surface area contributed by atoms with E-state index in [2.05, 4.69) is 5.32 Å². The van der Waals surface area contributed by atoms with Crippen LogP contribution >= 0.6 is 0 Å². The number of benzene rings is 2. The highest BCUT2D eigenvalue weighted by Gasteiger charge is 2.07. The first-order valence-electron chi connectivity index (χ1n) is 8.10. The van der Waals surface area contributed by atoms with Crippen molar-refractivity contribution in [2.24, 2.45) is 0 Å². The first-order valence-corrected chi connectivity index (χ1v) is 8.10. The molecular formula is C20H23NO4. The lowest BCUT2D eigenvalue weighted by Gasteiger charge is -2.10. The molecule has 0 atom stereocenters. The number of para-hydroxylation sites is 1. The summed E-state index contributed by atoms with van der Waals surface area (Å²) in [6.07, 6.45) is 4.12.